The fourth-order valence-corrected chi connectivity index (χ4v) is 9.10. The van der Waals surface area contributed by atoms with Gasteiger partial charge in [-0.05, 0) is 25.0 Å². The van der Waals surface area contributed by atoms with E-state index in [1.165, 1.54) is 51.4 Å². The van der Waals surface area contributed by atoms with Crippen molar-refractivity contribution in [2.45, 2.75) is 91.0 Å². The summed E-state index contributed by atoms with van der Waals surface area (Å²) in [5, 5.41) is 0. The highest BCUT2D eigenvalue weighted by Gasteiger charge is 2.38. The first kappa shape index (κ1) is 23.8. The van der Waals surface area contributed by atoms with Crippen LogP contribution in [0.25, 0.3) is 0 Å². The zero-order valence-electron chi connectivity index (χ0n) is 15.7. The van der Waals surface area contributed by atoms with E-state index in [1.807, 2.05) is 11.2 Å². The maximum absolute atomic E-state index is 6.37. The Hall–Kier alpha value is 0.777. The van der Waals surface area contributed by atoms with E-state index in [0.717, 1.165) is 37.9 Å². The van der Waals surface area contributed by atoms with E-state index in [-0.39, 0.29) is 0 Å². The zero-order valence-corrected chi connectivity index (χ0v) is 18.3. The smallest absolute Gasteiger partial charge is 0.387 e. The van der Waals surface area contributed by atoms with Gasteiger partial charge in [-0.15, -0.1) is 22.8 Å². The van der Waals surface area contributed by atoms with Gasteiger partial charge in [0, 0.05) is 25.1 Å². The Morgan fingerprint density at radius 3 is 1.70 bits per heavy atom. The van der Waals surface area contributed by atoms with Gasteiger partial charge >= 0.3 is 7.71 Å². The van der Waals surface area contributed by atoms with Crippen LogP contribution in [0.3, 0.4) is 0 Å². The largest absolute Gasteiger partial charge is 0.407 e. The lowest BCUT2D eigenvalue weighted by Gasteiger charge is -2.29. The first-order valence-corrected chi connectivity index (χ1v) is 14.0. The Morgan fingerprint density at radius 2 is 1.26 bits per heavy atom. The molecule has 0 fully saturated rings. The van der Waals surface area contributed by atoms with Gasteiger partial charge in [-0.25, -0.2) is 0 Å². The third kappa shape index (κ3) is 13.7. The van der Waals surface area contributed by atoms with Crippen LogP contribution in [0.4, 0.5) is 0 Å². The van der Waals surface area contributed by atoms with Gasteiger partial charge in [-0.2, -0.15) is 0 Å². The van der Waals surface area contributed by atoms with Crippen LogP contribution in [-0.2, 0) is 8.85 Å². The van der Waals surface area contributed by atoms with E-state index in [0.29, 0.717) is 5.88 Å². The number of rotatable bonds is 18. The molecule has 0 saturated carbocycles. The first-order valence-electron chi connectivity index (χ1n) is 9.72. The molecule has 0 saturated heterocycles. The molecule has 0 bridgehead atoms. The summed E-state index contributed by atoms with van der Waals surface area (Å²) in [6.45, 7) is 8.41. The Balaban J connectivity index is 4.35. The van der Waals surface area contributed by atoms with Gasteiger partial charge in [0.15, 0.2) is 0 Å². The molecular formula is C18H39ClO2SSi. The number of alkyl halides is 1. The monoisotopic (exact) mass is 382 g/mol. The Morgan fingerprint density at radius 1 is 0.739 bits per heavy atom. The second-order valence-electron chi connectivity index (χ2n) is 6.14. The van der Waals surface area contributed by atoms with E-state index in [2.05, 4.69) is 20.8 Å². The van der Waals surface area contributed by atoms with Crippen LogP contribution in [0.1, 0.15) is 85.0 Å². The van der Waals surface area contributed by atoms with Crippen molar-refractivity contribution >= 4 is 30.5 Å². The van der Waals surface area contributed by atoms with E-state index < -0.39 is 7.71 Å². The Labute approximate surface area is 155 Å². The lowest BCUT2D eigenvalue weighted by Crippen LogP contribution is -2.40. The summed E-state index contributed by atoms with van der Waals surface area (Å²) >= 11 is 8.04. The van der Waals surface area contributed by atoms with E-state index >= 15 is 0 Å². The number of hydrogen-bond donors (Lipinski definition) is 0. The summed E-state index contributed by atoms with van der Waals surface area (Å²) in [7, 11) is -2.17. The maximum Gasteiger partial charge on any atom is 0.407 e. The fraction of sp³-hybridized carbons (Fsp3) is 1.00. The minimum Gasteiger partial charge on any atom is -0.387 e. The zero-order chi connectivity index (χ0) is 17.2. The molecule has 2 nitrogen and oxygen atoms in total. The van der Waals surface area contributed by atoms with Crippen molar-refractivity contribution < 1.29 is 8.85 Å². The molecular weight excluding hydrogens is 344 g/mol. The van der Waals surface area contributed by atoms with Crippen molar-refractivity contribution in [1.82, 2.24) is 0 Å². The maximum atomic E-state index is 6.37. The van der Waals surface area contributed by atoms with Gasteiger partial charge < -0.3 is 8.85 Å². The van der Waals surface area contributed by atoms with Crippen LogP contribution in [0.15, 0.2) is 0 Å². The van der Waals surface area contributed by atoms with Gasteiger partial charge in [0.05, 0.1) is 0 Å². The van der Waals surface area contributed by atoms with Crippen LogP contribution < -0.4 is 0 Å². The molecule has 0 aromatic heterocycles. The number of hydrogen-bond acceptors (Lipinski definition) is 3. The molecule has 0 aromatic carbocycles. The van der Waals surface area contributed by atoms with Crippen molar-refractivity contribution in [2.24, 2.45) is 0 Å². The molecule has 0 amide bonds. The van der Waals surface area contributed by atoms with Gasteiger partial charge in [0.1, 0.15) is 0 Å². The fourth-order valence-electron chi connectivity index (χ4n) is 2.34. The summed E-state index contributed by atoms with van der Waals surface area (Å²) in [5.74, 6) is 1.79. The normalized spacial score (nSPS) is 12.0. The number of halogens is 1. The first-order chi connectivity index (χ1) is 11.2. The second-order valence-corrected chi connectivity index (χ2v) is 12.4. The van der Waals surface area contributed by atoms with Crippen LogP contribution in [0, 0.1) is 0 Å². The van der Waals surface area contributed by atoms with E-state index in [4.69, 9.17) is 20.5 Å². The van der Waals surface area contributed by atoms with Crippen molar-refractivity contribution in [3.8, 4) is 0 Å². The van der Waals surface area contributed by atoms with Crippen molar-refractivity contribution in [3.63, 3.8) is 0 Å². The van der Waals surface area contributed by atoms with Gasteiger partial charge in [-0.3, -0.25) is 0 Å². The van der Waals surface area contributed by atoms with Crippen LogP contribution in [0.5, 0.6) is 0 Å². The molecule has 0 radical (unpaired) electrons. The van der Waals surface area contributed by atoms with Gasteiger partial charge in [0.2, 0.25) is 0 Å². The highest BCUT2D eigenvalue weighted by atomic mass is 35.5. The molecule has 140 valence electrons. The molecule has 0 aliphatic heterocycles. The lowest BCUT2D eigenvalue weighted by molar-refractivity contribution is 0.182. The summed E-state index contributed by atoms with van der Waals surface area (Å²) in [6, 6.07) is 0.907. The highest BCUT2D eigenvalue weighted by molar-refractivity contribution is 8.27. The average Bonchev–Trinajstić information content (AvgIpc) is 2.55. The summed E-state index contributed by atoms with van der Waals surface area (Å²) in [5.41, 5.74) is 0. The summed E-state index contributed by atoms with van der Waals surface area (Å²) in [6.07, 6.45) is 12.4. The predicted octanol–water partition coefficient (Wildman–Crippen LogP) is 6.89. The SMILES string of the molecule is CCCCCCO[Si](CCCl)(OCCCCCC)SCCCC. The lowest BCUT2D eigenvalue weighted by atomic mass is 10.2. The molecule has 0 aliphatic carbocycles. The molecule has 0 aliphatic rings. The minimum absolute atomic E-state index is 0.648. The Kier molecular flexibility index (Phi) is 18.2. The standard InChI is InChI=1S/C18H39ClO2SSi/c1-4-7-10-12-15-20-23(18-14-19,22-17-9-6-3)21-16-13-11-8-5-2/h4-18H2,1-3H3. The average molecular weight is 383 g/mol. The highest BCUT2D eigenvalue weighted by Crippen LogP contribution is 2.30. The second kappa shape index (κ2) is 17.6. The van der Waals surface area contributed by atoms with E-state index in [1.54, 1.807) is 0 Å². The molecule has 0 atom stereocenters. The molecule has 0 spiro atoms. The van der Waals surface area contributed by atoms with Gasteiger partial charge in [-0.1, -0.05) is 65.7 Å². The van der Waals surface area contributed by atoms with Crippen LogP contribution >= 0.6 is 22.8 Å². The summed E-state index contributed by atoms with van der Waals surface area (Å²) in [4.78, 5) is 0. The molecule has 0 unspecified atom stereocenters. The third-order valence-corrected chi connectivity index (χ3v) is 10.7. The number of unbranched alkanes of at least 4 members (excludes halogenated alkanes) is 7. The van der Waals surface area contributed by atoms with Crippen molar-refractivity contribution in [2.75, 3.05) is 24.8 Å². The van der Waals surface area contributed by atoms with Crippen LogP contribution in [-0.4, -0.2) is 32.6 Å². The molecule has 0 N–H and O–H groups in total. The molecule has 0 rings (SSSR count). The van der Waals surface area contributed by atoms with E-state index in [9.17, 15) is 0 Å². The van der Waals surface area contributed by atoms with Crippen LogP contribution in [0.2, 0.25) is 6.04 Å². The topological polar surface area (TPSA) is 18.5 Å². The molecule has 23 heavy (non-hydrogen) atoms. The minimum atomic E-state index is -2.17. The summed E-state index contributed by atoms with van der Waals surface area (Å²) < 4.78 is 12.7. The quantitative estimate of drug-likeness (QED) is 0.146. The molecule has 5 heteroatoms. The molecule has 0 heterocycles. The third-order valence-electron chi connectivity index (χ3n) is 3.86. The van der Waals surface area contributed by atoms with Crippen molar-refractivity contribution in [1.29, 1.82) is 0 Å². The predicted molar refractivity (Wildman–Crippen MR) is 109 cm³/mol. The van der Waals surface area contributed by atoms with Crippen molar-refractivity contribution in [3.05, 3.63) is 0 Å². The Bertz CT molecular complexity index is 231. The molecule has 0 aromatic rings. The van der Waals surface area contributed by atoms with Gasteiger partial charge in [0.25, 0.3) is 0 Å².